The lowest BCUT2D eigenvalue weighted by Gasteiger charge is -2.00. The Labute approximate surface area is 151 Å². The number of urea groups is 1. The van der Waals surface area contributed by atoms with Crippen LogP contribution in [0.4, 0.5) is 4.79 Å². The Morgan fingerprint density at radius 3 is 2.29 bits per heavy atom. The Morgan fingerprint density at radius 1 is 1.04 bits per heavy atom. The van der Waals surface area contributed by atoms with Gasteiger partial charge in [0.2, 0.25) is 5.91 Å². The van der Waals surface area contributed by atoms with E-state index in [1.165, 1.54) is 41.9 Å². The normalized spacial score (nSPS) is 10.2. The minimum atomic E-state index is -0.548. The number of hydrogen-bond acceptors (Lipinski definition) is 8. The van der Waals surface area contributed by atoms with Gasteiger partial charge in [-0.25, -0.2) is 4.79 Å². The summed E-state index contributed by atoms with van der Waals surface area (Å²) in [6.45, 7) is 0. The molecular weight excluding hydrogens is 368 g/mol. The van der Waals surface area contributed by atoms with Crippen LogP contribution in [-0.2, 0) is 4.79 Å². The van der Waals surface area contributed by atoms with Crippen LogP contribution in [0, 0.1) is 0 Å². The Hall–Kier alpha value is -1.91. The number of carbonyl (C=O) groups excluding carboxylic acids is 3. The first-order chi connectivity index (χ1) is 11.6. The first kappa shape index (κ1) is 18.4. The van der Waals surface area contributed by atoms with Crippen LogP contribution in [-0.4, -0.2) is 46.5 Å². The van der Waals surface area contributed by atoms with Crippen LogP contribution in [0.25, 0.3) is 0 Å². The summed E-state index contributed by atoms with van der Waals surface area (Å²) < 4.78 is 1.27. The summed E-state index contributed by atoms with van der Waals surface area (Å²) >= 11 is 3.80. The number of thioether (sulfide) groups is 2. The third kappa shape index (κ3) is 5.95. The fraction of sp³-hybridized carbons (Fsp3) is 0.214. The molecule has 0 aliphatic rings. The third-order valence-electron chi connectivity index (χ3n) is 2.62. The van der Waals surface area contributed by atoms with E-state index in [0.29, 0.717) is 14.2 Å². The van der Waals surface area contributed by atoms with Crippen LogP contribution < -0.4 is 10.6 Å². The molecule has 0 aliphatic heterocycles. The van der Waals surface area contributed by atoms with Crippen LogP contribution in [0.15, 0.2) is 39.0 Å². The molecule has 0 saturated carbocycles. The topological polar surface area (TPSA) is 101 Å². The lowest BCUT2D eigenvalue weighted by Crippen LogP contribution is -2.38. The number of nitrogens with one attached hydrogen (secondary N) is 2. The molecule has 1 aromatic carbocycles. The highest BCUT2D eigenvalue weighted by Crippen LogP contribution is 2.29. The molecule has 10 heteroatoms. The van der Waals surface area contributed by atoms with Crippen molar-refractivity contribution in [2.24, 2.45) is 0 Å². The standard InChI is InChI=1S/C14H14N4O3S3/c1-15-12(21)16-11(20)8-23-14-18-17-13(24-14)22-7-10(19)9-5-3-2-4-6-9/h2-6H,7-8H2,1H3,(H2,15,16,20,21). The molecule has 0 radical (unpaired) electrons. The number of hydrogen-bond donors (Lipinski definition) is 2. The number of rotatable bonds is 7. The zero-order chi connectivity index (χ0) is 17.4. The molecule has 126 valence electrons. The Balaban J connectivity index is 1.78. The second-order valence-corrected chi connectivity index (χ2v) is 7.75. The molecule has 3 amide bonds. The molecule has 0 spiro atoms. The second kappa shape index (κ2) is 9.40. The van der Waals surface area contributed by atoms with Gasteiger partial charge in [-0.05, 0) is 0 Å². The smallest absolute Gasteiger partial charge is 0.321 e. The lowest BCUT2D eigenvalue weighted by atomic mass is 10.2. The molecule has 2 aromatic rings. The van der Waals surface area contributed by atoms with E-state index >= 15 is 0 Å². The molecule has 0 unspecified atom stereocenters. The van der Waals surface area contributed by atoms with Gasteiger partial charge in [-0.1, -0.05) is 65.2 Å². The summed E-state index contributed by atoms with van der Waals surface area (Å²) in [7, 11) is 1.43. The molecule has 0 bridgehead atoms. The number of amides is 3. The molecule has 1 heterocycles. The van der Waals surface area contributed by atoms with Gasteiger partial charge in [0.25, 0.3) is 0 Å². The summed E-state index contributed by atoms with van der Waals surface area (Å²) in [6.07, 6.45) is 0. The first-order valence-electron chi connectivity index (χ1n) is 6.77. The van der Waals surface area contributed by atoms with E-state index in [-0.39, 0.29) is 17.3 Å². The fourth-order valence-electron chi connectivity index (χ4n) is 1.50. The number of nitrogens with zero attached hydrogens (tertiary/aromatic N) is 2. The highest BCUT2D eigenvalue weighted by molar-refractivity contribution is 8.03. The van der Waals surface area contributed by atoms with Gasteiger partial charge in [-0.15, -0.1) is 10.2 Å². The zero-order valence-electron chi connectivity index (χ0n) is 12.6. The van der Waals surface area contributed by atoms with E-state index in [9.17, 15) is 14.4 Å². The second-order valence-electron chi connectivity index (χ2n) is 4.33. The number of aromatic nitrogens is 2. The van der Waals surface area contributed by atoms with E-state index in [2.05, 4.69) is 20.8 Å². The third-order valence-corrected chi connectivity index (χ3v) is 5.81. The van der Waals surface area contributed by atoms with E-state index in [1.807, 2.05) is 18.2 Å². The van der Waals surface area contributed by atoms with Crippen molar-refractivity contribution in [3.05, 3.63) is 35.9 Å². The lowest BCUT2D eigenvalue weighted by molar-refractivity contribution is -0.117. The summed E-state index contributed by atoms with van der Waals surface area (Å²) in [5.41, 5.74) is 0.662. The van der Waals surface area contributed by atoms with E-state index in [1.54, 1.807) is 12.1 Å². The molecule has 0 aliphatic carbocycles. The zero-order valence-corrected chi connectivity index (χ0v) is 15.1. The molecule has 0 fully saturated rings. The highest BCUT2D eigenvalue weighted by Gasteiger charge is 2.12. The number of ketones is 1. The maximum Gasteiger partial charge on any atom is 0.321 e. The van der Waals surface area contributed by atoms with Crippen molar-refractivity contribution in [2.45, 2.75) is 8.68 Å². The van der Waals surface area contributed by atoms with Crippen LogP contribution >= 0.6 is 34.9 Å². The van der Waals surface area contributed by atoms with Gasteiger partial charge in [0.1, 0.15) is 0 Å². The molecule has 2 rings (SSSR count). The minimum Gasteiger partial charge on any atom is -0.341 e. The Bertz CT molecular complexity index is 721. The maximum absolute atomic E-state index is 12.0. The number of carbonyl (C=O) groups is 3. The Kier molecular flexibility index (Phi) is 7.22. The van der Waals surface area contributed by atoms with Crippen molar-refractivity contribution in [2.75, 3.05) is 18.6 Å². The molecule has 1 aromatic heterocycles. The van der Waals surface area contributed by atoms with Crippen molar-refractivity contribution < 1.29 is 14.4 Å². The van der Waals surface area contributed by atoms with Crippen molar-refractivity contribution >= 4 is 52.6 Å². The van der Waals surface area contributed by atoms with Gasteiger partial charge in [0, 0.05) is 12.6 Å². The molecule has 0 saturated heterocycles. The van der Waals surface area contributed by atoms with E-state index in [4.69, 9.17) is 0 Å². The average Bonchev–Trinajstić information content (AvgIpc) is 3.06. The average molecular weight is 382 g/mol. The molecule has 7 nitrogen and oxygen atoms in total. The van der Waals surface area contributed by atoms with Crippen LogP contribution in [0.1, 0.15) is 10.4 Å². The molecule has 24 heavy (non-hydrogen) atoms. The predicted octanol–water partition coefficient (Wildman–Crippen LogP) is 2.06. The van der Waals surface area contributed by atoms with Gasteiger partial charge in [-0.2, -0.15) is 0 Å². The van der Waals surface area contributed by atoms with Crippen molar-refractivity contribution in [3.63, 3.8) is 0 Å². The molecular formula is C14H14N4O3S3. The summed E-state index contributed by atoms with van der Waals surface area (Å²) in [4.78, 5) is 34.5. The van der Waals surface area contributed by atoms with E-state index in [0.717, 1.165) is 0 Å². The maximum atomic E-state index is 12.0. The van der Waals surface area contributed by atoms with Gasteiger partial charge in [-0.3, -0.25) is 14.9 Å². The number of benzene rings is 1. The largest absolute Gasteiger partial charge is 0.341 e. The van der Waals surface area contributed by atoms with Crippen molar-refractivity contribution in [1.82, 2.24) is 20.8 Å². The van der Waals surface area contributed by atoms with Gasteiger partial charge < -0.3 is 5.32 Å². The fourth-order valence-corrected chi connectivity index (χ4v) is 4.22. The first-order valence-corrected chi connectivity index (χ1v) is 9.56. The van der Waals surface area contributed by atoms with Gasteiger partial charge in [0.15, 0.2) is 14.5 Å². The number of imide groups is 1. The predicted molar refractivity (Wildman–Crippen MR) is 94.7 cm³/mol. The summed E-state index contributed by atoms with van der Waals surface area (Å²) in [6, 6.07) is 8.50. The van der Waals surface area contributed by atoms with Crippen LogP contribution in [0.5, 0.6) is 0 Å². The molecule has 2 N–H and O–H groups in total. The summed E-state index contributed by atoms with van der Waals surface area (Å²) in [5.74, 6) is -0.0474. The van der Waals surface area contributed by atoms with Crippen LogP contribution in [0.3, 0.4) is 0 Å². The molecule has 0 atom stereocenters. The minimum absolute atomic E-state index is 0.0231. The van der Waals surface area contributed by atoms with Crippen LogP contribution in [0.2, 0.25) is 0 Å². The monoisotopic (exact) mass is 382 g/mol. The van der Waals surface area contributed by atoms with Crippen molar-refractivity contribution in [1.29, 1.82) is 0 Å². The SMILES string of the molecule is CNC(=O)NC(=O)CSc1nnc(SCC(=O)c2ccccc2)s1. The van der Waals surface area contributed by atoms with Gasteiger partial charge >= 0.3 is 6.03 Å². The quantitative estimate of drug-likeness (QED) is 0.558. The van der Waals surface area contributed by atoms with E-state index < -0.39 is 11.9 Å². The van der Waals surface area contributed by atoms with Crippen molar-refractivity contribution in [3.8, 4) is 0 Å². The Morgan fingerprint density at radius 2 is 1.67 bits per heavy atom. The summed E-state index contributed by atoms with van der Waals surface area (Å²) in [5, 5.41) is 12.4. The highest BCUT2D eigenvalue weighted by atomic mass is 32.2. The van der Waals surface area contributed by atoms with Gasteiger partial charge in [0.05, 0.1) is 11.5 Å². The number of Topliss-reactive ketones (excluding diaryl/α,β-unsaturated/α-hetero) is 1.